The van der Waals surface area contributed by atoms with Crippen LogP contribution in [0.3, 0.4) is 0 Å². The van der Waals surface area contributed by atoms with E-state index < -0.39 is 0 Å². The molecule has 5 heteroatoms. The molecule has 0 saturated carbocycles. The Bertz CT molecular complexity index is 305. The topological polar surface area (TPSA) is 54.0 Å². The van der Waals surface area contributed by atoms with E-state index in [1.54, 1.807) is 7.11 Å². The van der Waals surface area contributed by atoms with E-state index in [0.717, 1.165) is 19.3 Å². The Morgan fingerprint density at radius 2 is 2.25 bits per heavy atom. The first-order valence-electron chi connectivity index (χ1n) is 7.11. The maximum absolute atomic E-state index is 11.0. The molecule has 0 amide bonds. The summed E-state index contributed by atoms with van der Waals surface area (Å²) in [5.74, 6) is -0.273. The van der Waals surface area contributed by atoms with Crippen LogP contribution in [0.25, 0.3) is 0 Å². The van der Waals surface area contributed by atoms with Crippen LogP contribution in [0.1, 0.15) is 39.5 Å². The molecule has 0 aromatic carbocycles. The van der Waals surface area contributed by atoms with Gasteiger partial charge in [-0.05, 0) is 26.2 Å². The quantitative estimate of drug-likeness (QED) is 0.390. The average molecular weight is 286 g/mol. The van der Waals surface area contributed by atoms with Crippen molar-refractivity contribution < 1.29 is 23.7 Å². The van der Waals surface area contributed by atoms with Gasteiger partial charge in [-0.25, -0.2) is 0 Å². The summed E-state index contributed by atoms with van der Waals surface area (Å²) in [7, 11) is 1.60. The number of hydrogen-bond acceptors (Lipinski definition) is 5. The normalized spacial score (nSPS) is 27.9. The number of ether oxygens (including phenoxy) is 4. The van der Waals surface area contributed by atoms with E-state index in [1.165, 1.54) is 6.92 Å². The zero-order chi connectivity index (χ0) is 15.0. The summed E-state index contributed by atoms with van der Waals surface area (Å²) < 4.78 is 21.8. The molecule has 0 aliphatic carbocycles. The highest BCUT2D eigenvalue weighted by Crippen LogP contribution is 2.27. The van der Waals surface area contributed by atoms with Crippen LogP contribution in [0.5, 0.6) is 0 Å². The highest BCUT2D eigenvalue weighted by molar-refractivity contribution is 5.66. The molecule has 116 valence electrons. The first-order valence-corrected chi connectivity index (χ1v) is 7.11. The van der Waals surface area contributed by atoms with Crippen LogP contribution in [0.2, 0.25) is 0 Å². The molecule has 1 aliphatic heterocycles. The maximum atomic E-state index is 11.0. The highest BCUT2D eigenvalue weighted by Gasteiger charge is 2.33. The Morgan fingerprint density at radius 3 is 2.85 bits per heavy atom. The van der Waals surface area contributed by atoms with E-state index in [0.29, 0.717) is 6.42 Å². The zero-order valence-corrected chi connectivity index (χ0v) is 12.7. The number of carbonyl (C=O) groups is 1. The van der Waals surface area contributed by atoms with Gasteiger partial charge >= 0.3 is 5.97 Å². The van der Waals surface area contributed by atoms with E-state index in [9.17, 15) is 4.79 Å². The van der Waals surface area contributed by atoms with E-state index in [1.807, 2.05) is 13.0 Å². The third kappa shape index (κ3) is 6.03. The van der Waals surface area contributed by atoms with E-state index in [-0.39, 0.29) is 37.2 Å². The van der Waals surface area contributed by atoms with E-state index >= 15 is 0 Å². The van der Waals surface area contributed by atoms with Crippen LogP contribution in [-0.2, 0) is 23.7 Å². The Balaban J connectivity index is 2.55. The lowest BCUT2D eigenvalue weighted by molar-refractivity contribution is -0.181. The molecule has 1 fully saturated rings. The van der Waals surface area contributed by atoms with Crippen LogP contribution in [0.15, 0.2) is 12.7 Å². The van der Waals surface area contributed by atoms with Gasteiger partial charge in [0, 0.05) is 20.5 Å². The van der Waals surface area contributed by atoms with E-state index in [4.69, 9.17) is 18.9 Å². The standard InChI is InChI=1S/C15H26O5/c1-5-6-13-7-8-14(18-10-17-4)15(20-13)9-11(2)19-12(3)16/h5,11,13-15H,1,6-10H2,2-4H3/t11-,13+,14-,15+/m0/s1. The Kier molecular flexibility index (Phi) is 7.80. The van der Waals surface area contributed by atoms with E-state index in [2.05, 4.69) is 6.58 Å². The predicted octanol–water partition coefficient (Wildman–Crippen LogP) is 2.44. The molecule has 1 heterocycles. The number of carbonyl (C=O) groups excluding carboxylic acids is 1. The van der Waals surface area contributed by atoms with Crippen molar-refractivity contribution in [2.75, 3.05) is 13.9 Å². The van der Waals surface area contributed by atoms with Gasteiger partial charge in [-0.3, -0.25) is 4.79 Å². The second-order valence-corrected chi connectivity index (χ2v) is 5.17. The lowest BCUT2D eigenvalue weighted by Crippen LogP contribution is -2.42. The van der Waals surface area contributed by atoms with Crippen molar-refractivity contribution in [3.63, 3.8) is 0 Å². The van der Waals surface area contributed by atoms with Crippen LogP contribution in [-0.4, -0.2) is 44.3 Å². The lowest BCUT2D eigenvalue weighted by Gasteiger charge is -2.37. The highest BCUT2D eigenvalue weighted by atomic mass is 16.7. The minimum absolute atomic E-state index is 0.0194. The fraction of sp³-hybridized carbons (Fsp3) is 0.800. The maximum Gasteiger partial charge on any atom is 0.302 e. The van der Waals surface area contributed by atoms with Crippen molar-refractivity contribution in [3.8, 4) is 0 Å². The van der Waals surface area contributed by atoms with Crippen molar-refractivity contribution >= 4 is 5.97 Å². The number of esters is 1. The summed E-state index contributed by atoms with van der Waals surface area (Å²) in [4.78, 5) is 11.0. The van der Waals surface area contributed by atoms with Gasteiger partial charge in [0.05, 0.1) is 18.3 Å². The Hall–Kier alpha value is -0.910. The Morgan fingerprint density at radius 1 is 1.50 bits per heavy atom. The average Bonchev–Trinajstić information content (AvgIpc) is 2.37. The fourth-order valence-electron chi connectivity index (χ4n) is 2.51. The third-order valence-corrected chi connectivity index (χ3v) is 3.32. The lowest BCUT2D eigenvalue weighted by atomic mass is 9.96. The zero-order valence-electron chi connectivity index (χ0n) is 12.7. The van der Waals surface area contributed by atoms with Crippen molar-refractivity contribution in [2.45, 2.75) is 63.9 Å². The molecular formula is C15H26O5. The number of hydrogen-bond donors (Lipinski definition) is 0. The van der Waals surface area contributed by atoms with Crippen LogP contribution >= 0.6 is 0 Å². The first kappa shape index (κ1) is 17.1. The molecule has 1 saturated heterocycles. The van der Waals surface area contributed by atoms with Crippen molar-refractivity contribution in [1.82, 2.24) is 0 Å². The molecule has 20 heavy (non-hydrogen) atoms. The largest absolute Gasteiger partial charge is 0.463 e. The molecule has 0 aromatic rings. The van der Waals surface area contributed by atoms with Crippen LogP contribution in [0.4, 0.5) is 0 Å². The summed E-state index contributed by atoms with van der Waals surface area (Å²) in [6.45, 7) is 7.28. The molecule has 0 unspecified atom stereocenters. The monoisotopic (exact) mass is 286 g/mol. The molecule has 5 nitrogen and oxygen atoms in total. The minimum Gasteiger partial charge on any atom is -0.463 e. The van der Waals surface area contributed by atoms with Crippen molar-refractivity contribution in [1.29, 1.82) is 0 Å². The van der Waals surface area contributed by atoms with Gasteiger partial charge in [0.15, 0.2) is 0 Å². The first-order chi connectivity index (χ1) is 9.56. The van der Waals surface area contributed by atoms with Gasteiger partial charge in [0.25, 0.3) is 0 Å². The number of methoxy groups -OCH3 is 1. The Labute approximate surface area is 121 Å². The smallest absolute Gasteiger partial charge is 0.302 e. The SMILES string of the molecule is C=CC[C@@H]1CC[C@H](OCOC)[C@@H](C[C@H](C)OC(C)=O)O1. The van der Waals surface area contributed by atoms with Gasteiger partial charge in [-0.1, -0.05) is 6.08 Å². The molecule has 1 rings (SSSR count). The molecule has 1 aliphatic rings. The van der Waals surface area contributed by atoms with Gasteiger partial charge in [0.1, 0.15) is 12.9 Å². The second kappa shape index (κ2) is 9.10. The third-order valence-electron chi connectivity index (χ3n) is 3.32. The predicted molar refractivity (Wildman–Crippen MR) is 75.3 cm³/mol. The van der Waals surface area contributed by atoms with Crippen molar-refractivity contribution in [3.05, 3.63) is 12.7 Å². The van der Waals surface area contributed by atoms with Gasteiger partial charge in [-0.2, -0.15) is 0 Å². The number of rotatable bonds is 8. The molecule has 0 bridgehead atoms. The van der Waals surface area contributed by atoms with Gasteiger partial charge in [0.2, 0.25) is 0 Å². The molecule has 0 radical (unpaired) electrons. The molecule has 0 N–H and O–H groups in total. The van der Waals surface area contributed by atoms with Crippen molar-refractivity contribution in [2.24, 2.45) is 0 Å². The molecule has 0 spiro atoms. The summed E-state index contributed by atoms with van der Waals surface area (Å²) in [6, 6.07) is 0. The minimum atomic E-state index is -0.273. The molecule has 0 aromatic heterocycles. The van der Waals surface area contributed by atoms with Crippen LogP contribution in [0, 0.1) is 0 Å². The second-order valence-electron chi connectivity index (χ2n) is 5.17. The molecule has 4 atom stereocenters. The van der Waals surface area contributed by atoms with Crippen LogP contribution < -0.4 is 0 Å². The van der Waals surface area contributed by atoms with Gasteiger partial charge in [-0.15, -0.1) is 6.58 Å². The summed E-state index contributed by atoms with van der Waals surface area (Å²) in [5.41, 5.74) is 0. The summed E-state index contributed by atoms with van der Waals surface area (Å²) in [6.07, 6.45) is 5.06. The fourth-order valence-corrected chi connectivity index (χ4v) is 2.51. The summed E-state index contributed by atoms with van der Waals surface area (Å²) >= 11 is 0. The van der Waals surface area contributed by atoms with Gasteiger partial charge < -0.3 is 18.9 Å². The molecular weight excluding hydrogens is 260 g/mol. The summed E-state index contributed by atoms with van der Waals surface area (Å²) in [5, 5.41) is 0.